The summed E-state index contributed by atoms with van der Waals surface area (Å²) in [5.74, 6) is 2.60. The fourth-order valence-electron chi connectivity index (χ4n) is 1.79. The van der Waals surface area contributed by atoms with Crippen LogP contribution in [0.25, 0.3) is 0 Å². The molecule has 0 spiro atoms. The van der Waals surface area contributed by atoms with Crippen molar-refractivity contribution in [2.75, 3.05) is 23.8 Å². The second kappa shape index (κ2) is 7.38. The van der Waals surface area contributed by atoms with Crippen LogP contribution in [0.15, 0.2) is 42.5 Å². The number of anilines is 3. The zero-order valence-electron chi connectivity index (χ0n) is 12.0. The topological polar surface area (TPSA) is 46.2 Å². The first kappa shape index (κ1) is 14.2. The van der Waals surface area contributed by atoms with Gasteiger partial charge in [0.1, 0.15) is 17.4 Å². The van der Waals surface area contributed by atoms with Crippen molar-refractivity contribution < 1.29 is 4.74 Å². The van der Waals surface area contributed by atoms with E-state index in [1.807, 2.05) is 42.5 Å². The summed E-state index contributed by atoms with van der Waals surface area (Å²) < 4.78 is 5.56. The third-order valence-electron chi connectivity index (χ3n) is 2.71. The van der Waals surface area contributed by atoms with Crippen LogP contribution in [0.1, 0.15) is 20.3 Å². The number of benzene rings is 1. The molecule has 4 heteroatoms. The Kier molecular flexibility index (Phi) is 5.24. The maximum atomic E-state index is 5.56. The van der Waals surface area contributed by atoms with E-state index in [-0.39, 0.29) is 0 Å². The van der Waals surface area contributed by atoms with Gasteiger partial charge < -0.3 is 15.4 Å². The highest BCUT2D eigenvalue weighted by Crippen LogP contribution is 2.20. The molecule has 0 unspecified atom stereocenters. The molecule has 0 bridgehead atoms. The lowest BCUT2D eigenvalue weighted by atomic mass is 10.3. The molecule has 0 saturated carbocycles. The summed E-state index contributed by atoms with van der Waals surface area (Å²) in [4.78, 5) is 4.48. The van der Waals surface area contributed by atoms with Crippen LogP contribution in [-0.4, -0.2) is 18.1 Å². The number of rotatable bonds is 7. The quantitative estimate of drug-likeness (QED) is 0.797. The molecule has 0 aliphatic heterocycles. The number of pyridine rings is 1. The Bertz CT molecular complexity index is 526. The number of hydrogen-bond donors (Lipinski definition) is 2. The molecule has 0 amide bonds. The van der Waals surface area contributed by atoms with Gasteiger partial charge in [-0.3, -0.25) is 0 Å². The standard InChI is InChI=1S/C16H21N3O/c1-3-12-20-14-10-8-13(9-11-14)18-16-7-5-6-15(19-16)17-4-2/h5-11H,3-4,12H2,1-2H3,(H2,17,18,19). The highest BCUT2D eigenvalue weighted by Gasteiger charge is 1.99. The van der Waals surface area contributed by atoms with Gasteiger partial charge in [0.25, 0.3) is 0 Å². The summed E-state index contributed by atoms with van der Waals surface area (Å²) >= 11 is 0. The van der Waals surface area contributed by atoms with Gasteiger partial charge in [0, 0.05) is 12.2 Å². The van der Waals surface area contributed by atoms with Crippen LogP contribution >= 0.6 is 0 Å². The monoisotopic (exact) mass is 271 g/mol. The average Bonchev–Trinajstić information content (AvgIpc) is 2.47. The Labute approximate surface area is 120 Å². The Hall–Kier alpha value is -2.23. The summed E-state index contributed by atoms with van der Waals surface area (Å²) in [6.07, 6.45) is 1.02. The highest BCUT2D eigenvalue weighted by molar-refractivity contribution is 5.58. The lowest BCUT2D eigenvalue weighted by Crippen LogP contribution is -2.01. The first-order valence-electron chi connectivity index (χ1n) is 7.02. The first-order chi connectivity index (χ1) is 9.81. The van der Waals surface area contributed by atoms with Crippen LogP contribution in [0.5, 0.6) is 5.75 Å². The van der Waals surface area contributed by atoms with Gasteiger partial charge in [-0.15, -0.1) is 0 Å². The van der Waals surface area contributed by atoms with Gasteiger partial charge >= 0.3 is 0 Å². The van der Waals surface area contributed by atoms with E-state index in [2.05, 4.69) is 29.5 Å². The number of nitrogens with one attached hydrogen (secondary N) is 2. The summed E-state index contributed by atoms with van der Waals surface area (Å²) in [6.45, 7) is 5.76. The first-order valence-corrected chi connectivity index (χ1v) is 7.02. The largest absolute Gasteiger partial charge is 0.494 e. The Morgan fingerprint density at radius 2 is 1.75 bits per heavy atom. The molecular weight excluding hydrogens is 250 g/mol. The molecular formula is C16H21N3O. The molecule has 1 aromatic heterocycles. The lowest BCUT2D eigenvalue weighted by molar-refractivity contribution is 0.317. The zero-order valence-corrected chi connectivity index (χ0v) is 12.0. The Morgan fingerprint density at radius 3 is 2.45 bits per heavy atom. The molecule has 0 aliphatic rings. The predicted molar refractivity (Wildman–Crippen MR) is 83.9 cm³/mol. The molecule has 2 aromatic rings. The lowest BCUT2D eigenvalue weighted by Gasteiger charge is -2.09. The van der Waals surface area contributed by atoms with Crippen LogP contribution < -0.4 is 15.4 Å². The van der Waals surface area contributed by atoms with Crippen molar-refractivity contribution in [2.24, 2.45) is 0 Å². The van der Waals surface area contributed by atoms with Gasteiger partial charge in [0.2, 0.25) is 0 Å². The van der Waals surface area contributed by atoms with E-state index >= 15 is 0 Å². The average molecular weight is 271 g/mol. The molecule has 1 aromatic carbocycles. The molecule has 2 N–H and O–H groups in total. The van der Waals surface area contributed by atoms with Crippen molar-refractivity contribution in [2.45, 2.75) is 20.3 Å². The van der Waals surface area contributed by atoms with Crippen LogP contribution in [0.4, 0.5) is 17.3 Å². The summed E-state index contributed by atoms with van der Waals surface area (Å²) in [5, 5.41) is 6.47. The molecule has 1 heterocycles. The summed E-state index contributed by atoms with van der Waals surface area (Å²) in [6, 6.07) is 13.8. The van der Waals surface area contributed by atoms with E-state index in [1.165, 1.54) is 0 Å². The highest BCUT2D eigenvalue weighted by atomic mass is 16.5. The van der Waals surface area contributed by atoms with E-state index < -0.39 is 0 Å². The van der Waals surface area contributed by atoms with Crippen LogP contribution in [0.2, 0.25) is 0 Å². The minimum atomic E-state index is 0.749. The van der Waals surface area contributed by atoms with Gasteiger partial charge in [0.15, 0.2) is 0 Å². The molecule has 2 rings (SSSR count). The fourth-order valence-corrected chi connectivity index (χ4v) is 1.79. The number of aromatic nitrogens is 1. The minimum absolute atomic E-state index is 0.749. The maximum absolute atomic E-state index is 5.56. The SMILES string of the molecule is CCCOc1ccc(Nc2cccc(NCC)n2)cc1. The molecule has 4 nitrogen and oxygen atoms in total. The molecule has 0 saturated heterocycles. The molecule has 20 heavy (non-hydrogen) atoms. The van der Waals surface area contributed by atoms with Gasteiger partial charge in [0.05, 0.1) is 6.61 Å². The van der Waals surface area contributed by atoms with E-state index in [0.717, 1.165) is 42.6 Å². The minimum Gasteiger partial charge on any atom is -0.494 e. The second-order valence-electron chi connectivity index (χ2n) is 4.44. The van der Waals surface area contributed by atoms with Gasteiger partial charge in [-0.05, 0) is 49.7 Å². The fraction of sp³-hybridized carbons (Fsp3) is 0.312. The Balaban J connectivity index is 2.00. The maximum Gasteiger partial charge on any atom is 0.132 e. The summed E-state index contributed by atoms with van der Waals surface area (Å²) in [5.41, 5.74) is 0.995. The third kappa shape index (κ3) is 4.16. The smallest absolute Gasteiger partial charge is 0.132 e. The van der Waals surface area contributed by atoms with E-state index in [0.29, 0.717) is 0 Å². The number of nitrogens with zero attached hydrogens (tertiary/aromatic N) is 1. The van der Waals surface area contributed by atoms with Crippen LogP contribution in [-0.2, 0) is 0 Å². The summed E-state index contributed by atoms with van der Waals surface area (Å²) in [7, 11) is 0. The normalized spacial score (nSPS) is 10.1. The van der Waals surface area contributed by atoms with Crippen molar-refractivity contribution in [1.29, 1.82) is 0 Å². The van der Waals surface area contributed by atoms with Crippen LogP contribution in [0.3, 0.4) is 0 Å². The van der Waals surface area contributed by atoms with E-state index in [9.17, 15) is 0 Å². The molecule has 0 fully saturated rings. The van der Waals surface area contributed by atoms with Crippen molar-refractivity contribution in [3.8, 4) is 5.75 Å². The van der Waals surface area contributed by atoms with Crippen molar-refractivity contribution in [1.82, 2.24) is 4.98 Å². The van der Waals surface area contributed by atoms with Gasteiger partial charge in [-0.2, -0.15) is 0 Å². The predicted octanol–water partition coefficient (Wildman–Crippen LogP) is 4.05. The van der Waals surface area contributed by atoms with E-state index in [1.54, 1.807) is 0 Å². The molecule has 106 valence electrons. The number of hydrogen-bond acceptors (Lipinski definition) is 4. The van der Waals surface area contributed by atoms with Crippen molar-refractivity contribution in [3.05, 3.63) is 42.5 Å². The Morgan fingerprint density at radius 1 is 1.00 bits per heavy atom. The van der Waals surface area contributed by atoms with Crippen molar-refractivity contribution in [3.63, 3.8) is 0 Å². The second-order valence-corrected chi connectivity index (χ2v) is 4.44. The molecule has 0 radical (unpaired) electrons. The molecule has 0 aliphatic carbocycles. The molecule has 0 atom stereocenters. The van der Waals surface area contributed by atoms with Crippen molar-refractivity contribution >= 4 is 17.3 Å². The van der Waals surface area contributed by atoms with E-state index in [4.69, 9.17) is 4.74 Å². The van der Waals surface area contributed by atoms with Gasteiger partial charge in [-0.1, -0.05) is 13.0 Å². The van der Waals surface area contributed by atoms with Crippen LogP contribution in [0, 0.1) is 0 Å². The third-order valence-corrected chi connectivity index (χ3v) is 2.71. The number of ether oxygens (including phenoxy) is 1. The van der Waals surface area contributed by atoms with Gasteiger partial charge in [-0.25, -0.2) is 4.98 Å². The zero-order chi connectivity index (χ0) is 14.2.